The normalized spacial score (nSPS) is 15.0. The number of nitrogens with two attached hydrogens (primary N) is 1. The molecule has 2 nitrogen and oxygen atoms in total. The van der Waals surface area contributed by atoms with Gasteiger partial charge in [0.2, 0.25) is 0 Å². The molecule has 1 fully saturated rings. The van der Waals surface area contributed by atoms with Crippen molar-refractivity contribution in [2.24, 2.45) is 11.7 Å². The SMILES string of the molecule is CC(N)Cc1ccc(OCC2CC2)c(-c2ccccc2)c1.Cl. The molecule has 118 valence electrons. The van der Waals surface area contributed by atoms with Crippen molar-refractivity contribution in [3.05, 3.63) is 54.1 Å². The van der Waals surface area contributed by atoms with E-state index in [9.17, 15) is 0 Å². The minimum atomic E-state index is 0. The molecular weight excluding hydrogens is 294 g/mol. The average Bonchev–Trinajstić information content (AvgIpc) is 3.30. The maximum atomic E-state index is 6.04. The van der Waals surface area contributed by atoms with E-state index in [2.05, 4.69) is 42.5 Å². The molecule has 0 bridgehead atoms. The quantitative estimate of drug-likeness (QED) is 0.854. The van der Waals surface area contributed by atoms with Crippen molar-refractivity contribution in [1.82, 2.24) is 0 Å². The lowest BCUT2D eigenvalue weighted by atomic mass is 9.99. The van der Waals surface area contributed by atoms with E-state index in [-0.39, 0.29) is 18.4 Å². The van der Waals surface area contributed by atoms with Gasteiger partial charge in [-0.1, -0.05) is 36.4 Å². The molecule has 1 unspecified atom stereocenters. The summed E-state index contributed by atoms with van der Waals surface area (Å²) in [5.41, 5.74) is 9.57. The van der Waals surface area contributed by atoms with Crippen molar-refractivity contribution in [2.45, 2.75) is 32.2 Å². The van der Waals surface area contributed by atoms with Gasteiger partial charge in [0, 0.05) is 11.6 Å². The highest BCUT2D eigenvalue weighted by Gasteiger charge is 2.22. The van der Waals surface area contributed by atoms with Crippen molar-refractivity contribution < 1.29 is 4.74 Å². The first-order valence-electron chi connectivity index (χ1n) is 7.79. The van der Waals surface area contributed by atoms with Gasteiger partial charge >= 0.3 is 0 Å². The largest absolute Gasteiger partial charge is 0.493 e. The number of hydrogen-bond donors (Lipinski definition) is 1. The third kappa shape index (κ3) is 4.49. The van der Waals surface area contributed by atoms with Gasteiger partial charge in [-0.3, -0.25) is 0 Å². The molecule has 22 heavy (non-hydrogen) atoms. The van der Waals surface area contributed by atoms with Crippen LogP contribution in [0.3, 0.4) is 0 Å². The molecule has 2 aromatic carbocycles. The van der Waals surface area contributed by atoms with E-state index in [0.717, 1.165) is 24.7 Å². The summed E-state index contributed by atoms with van der Waals surface area (Å²) < 4.78 is 6.04. The smallest absolute Gasteiger partial charge is 0.127 e. The Bertz CT molecular complexity index is 594. The Hall–Kier alpha value is -1.51. The minimum absolute atomic E-state index is 0. The van der Waals surface area contributed by atoms with Gasteiger partial charge in [0.25, 0.3) is 0 Å². The van der Waals surface area contributed by atoms with Crippen LogP contribution in [0.4, 0.5) is 0 Å². The van der Waals surface area contributed by atoms with Gasteiger partial charge < -0.3 is 10.5 Å². The first-order chi connectivity index (χ1) is 10.2. The van der Waals surface area contributed by atoms with Gasteiger partial charge in [0.05, 0.1) is 6.61 Å². The Balaban J connectivity index is 0.00000176. The first kappa shape index (κ1) is 16.9. The van der Waals surface area contributed by atoms with Gasteiger partial charge in [-0.05, 0) is 55.4 Å². The monoisotopic (exact) mass is 317 g/mol. The van der Waals surface area contributed by atoms with Crippen molar-refractivity contribution in [1.29, 1.82) is 0 Å². The topological polar surface area (TPSA) is 35.2 Å². The maximum absolute atomic E-state index is 6.04. The number of hydrogen-bond acceptors (Lipinski definition) is 2. The van der Waals surface area contributed by atoms with Crippen LogP contribution >= 0.6 is 12.4 Å². The second-order valence-corrected chi connectivity index (χ2v) is 6.13. The van der Waals surface area contributed by atoms with Gasteiger partial charge in [0.1, 0.15) is 5.75 Å². The van der Waals surface area contributed by atoms with Crippen molar-refractivity contribution in [2.75, 3.05) is 6.61 Å². The summed E-state index contributed by atoms with van der Waals surface area (Å²) >= 11 is 0. The lowest BCUT2D eigenvalue weighted by molar-refractivity contribution is 0.301. The fourth-order valence-corrected chi connectivity index (χ4v) is 2.54. The second kappa shape index (κ2) is 7.66. The summed E-state index contributed by atoms with van der Waals surface area (Å²) in [5.74, 6) is 1.75. The molecule has 0 aliphatic heterocycles. The fourth-order valence-electron chi connectivity index (χ4n) is 2.54. The Morgan fingerprint density at radius 1 is 1.14 bits per heavy atom. The van der Waals surface area contributed by atoms with Crippen molar-refractivity contribution in [3.63, 3.8) is 0 Å². The third-order valence-corrected chi connectivity index (χ3v) is 3.86. The van der Waals surface area contributed by atoms with Crippen molar-refractivity contribution in [3.8, 4) is 16.9 Å². The average molecular weight is 318 g/mol. The highest BCUT2D eigenvalue weighted by Crippen LogP contribution is 2.34. The Labute approximate surface area is 139 Å². The summed E-state index contributed by atoms with van der Waals surface area (Å²) in [6.07, 6.45) is 3.51. The van der Waals surface area contributed by atoms with Crippen LogP contribution in [-0.2, 0) is 6.42 Å². The van der Waals surface area contributed by atoms with Crippen LogP contribution in [0.15, 0.2) is 48.5 Å². The van der Waals surface area contributed by atoms with Crippen LogP contribution in [0.2, 0.25) is 0 Å². The summed E-state index contributed by atoms with van der Waals surface area (Å²) in [5, 5.41) is 0. The van der Waals surface area contributed by atoms with Crippen LogP contribution in [0.5, 0.6) is 5.75 Å². The molecule has 0 heterocycles. The zero-order valence-electron chi connectivity index (χ0n) is 13.0. The molecule has 0 radical (unpaired) electrons. The van der Waals surface area contributed by atoms with E-state index in [1.54, 1.807) is 0 Å². The molecule has 0 aromatic heterocycles. The molecule has 3 rings (SSSR count). The molecule has 2 N–H and O–H groups in total. The highest BCUT2D eigenvalue weighted by atomic mass is 35.5. The first-order valence-corrected chi connectivity index (χ1v) is 7.79. The predicted molar refractivity (Wildman–Crippen MR) is 94.7 cm³/mol. The molecule has 0 amide bonds. The summed E-state index contributed by atoms with van der Waals surface area (Å²) in [4.78, 5) is 0. The zero-order valence-corrected chi connectivity index (χ0v) is 13.8. The molecule has 0 spiro atoms. The van der Waals surface area contributed by atoms with Crippen LogP contribution in [0.1, 0.15) is 25.3 Å². The van der Waals surface area contributed by atoms with Gasteiger partial charge in [0.15, 0.2) is 0 Å². The Morgan fingerprint density at radius 2 is 1.86 bits per heavy atom. The predicted octanol–water partition coefficient (Wildman–Crippen LogP) is 4.45. The lowest BCUT2D eigenvalue weighted by Gasteiger charge is -2.14. The van der Waals surface area contributed by atoms with Gasteiger partial charge in [-0.15, -0.1) is 12.4 Å². The standard InChI is InChI=1S/C19H23NO.ClH/c1-14(20)11-16-9-10-19(21-13-15-7-8-15)18(12-16)17-5-3-2-4-6-17;/h2-6,9-10,12,14-15H,7-8,11,13,20H2,1H3;1H. The van der Waals surface area contributed by atoms with E-state index in [1.807, 2.05) is 13.0 Å². The number of benzene rings is 2. The van der Waals surface area contributed by atoms with E-state index in [0.29, 0.717) is 0 Å². The molecule has 1 atom stereocenters. The van der Waals surface area contributed by atoms with E-state index in [1.165, 1.54) is 29.5 Å². The maximum Gasteiger partial charge on any atom is 0.127 e. The number of halogens is 1. The zero-order chi connectivity index (χ0) is 14.7. The number of rotatable bonds is 6. The van der Waals surface area contributed by atoms with E-state index < -0.39 is 0 Å². The minimum Gasteiger partial charge on any atom is -0.493 e. The summed E-state index contributed by atoms with van der Waals surface area (Å²) in [6, 6.07) is 17.1. The van der Waals surface area contributed by atoms with Crippen LogP contribution in [0.25, 0.3) is 11.1 Å². The van der Waals surface area contributed by atoms with E-state index >= 15 is 0 Å². The molecule has 3 heteroatoms. The second-order valence-electron chi connectivity index (χ2n) is 6.13. The molecule has 0 saturated heterocycles. The fraction of sp³-hybridized carbons (Fsp3) is 0.368. The Morgan fingerprint density at radius 3 is 2.50 bits per heavy atom. The number of ether oxygens (including phenoxy) is 1. The molecule has 1 aliphatic carbocycles. The van der Waals surface area contributed by atoms with E-state index in [4.69, 9.17) is 10.5 Å². The van der Waals surface area contributed by atoms with Crippen LogP contribution in [0, 0.1) is 5.92 Å². The van der Waals surface area contributed by atoms with Crippen molar-refractivity contribution >= 4 is 12.4 Å². The van der Waals surface area contributed by atoms with Gasteiger partial charge in [-0.25, -0.2) is 0 Å². The van der Waals surface area contributed by atoms with Crippen LogP contribution < -0.4 is 10.5 Å². The Kier molecular flexibility index (Phi) is 5.87. The molecular formula is C19H24ClNO. The molecule has 2 aromatic rings. The molecule has 1 saturated carbocycles. The highest BCUT2D eigenvalue weighted by molar-refractivity contribution is 5.85. The van der Waals surface area contributed by atoms with Crippen LogP contribution in [-0.4, -0.2) is 12.6 Å². The van der Waals surface area contributed by atoms with Gasteiger partial charge in [-0.2, -0.15) is 0 Å². The third-order valence-electron chi connectivity index (χ3n) is 3.86. The lowest BCUT2D eigenvalue weighted by Crippen LogP contribution is -2.17. The molecule has 1 aliphatic rings. The summed E-state index contributed by atoms with van der Waals surface area (Å²) in [7, 11) is 0. The summed E-state index contributed by atoms with van der Waals surface area (Å²) in [6.45, 7) is 2.88.